The molecule has 34 heavy (non-hydrogen) atoms. The van der Waals surface area contributed by atoms with Crippen molar-refractivity contribution in [2.24, 2.45) is 4.99 Å². The number of hydrogen-bond donors (Lipinski definition) is 1. The number of fused-ring (bicyclic) bond motifs is 1. The van der Waals surface area contributed by atoms with Gasteiger partial charge < -0.3 is 9.64 Å². The van der Waals surface area contributed by atoms with Crippen molar-refractivity contribution in [1.82, 2.24) is 4.90 Å². The molecule has 1 aliphatic heterocycles. The van der Waals surface area contributed by atoms with Gasteiger partial charge in [0.2, 0.25) is 10.0 Å². The second-order valence-electron chi connectivity index (χ2n) is 8.35. The van der Waals surface area contributed by atoms with Crippen LogP contribution in [0.15, 0.2) is 77.8 Å². The largest absolute Gasteiger partial charge is 0.497 e. The Labute approximate surface area is 208 Å². The fourth-order valence-corrected chi connectivity index (χ4v) is 4.68. The lowest BCUT2D eigenvalue weighted by Crippen LogP contribution is -2.26. The van der Waals surface area contributed by atoms with E-state index in [0.29, 0.717) is 5.69 Å². The van der Waals surface area contributed by atoms with Gasteiger partial charge in [0.05, 0.1) is 13.4 Å². The number of hydrogen-bond acceptors (Lipinski definition) is 5. The highest BCUT2D eigenvalue weighted by molar-refractivity contribution is 7.92. The molecular formula is C26H30ClN3O3S. The summed E-state index contributed by atoms with van der Waals surface area (Å²) in [5.74, 6) is 1.88. The molecule has 1 aliphatic rings. The average molecular weight is 500 g/mol. The van der Waals surface area contributed by atoms with Crippen molar-refractivity contribution in [2.75, 3.05) is 25.1 Å². The first-order valence-electron chi connectivity index (χ1n) is 10.9. The van der Waals surface area contributed by atoms with Crippen molar-refractivity contribution in [3.8, 4) is 5.75 Å². The minimum absolute atomic E-state index is 0. The molecule has 1 heterocycles. The lowest BCUT2D eigenvalue weighted by atomic mass is 9.95. The van der Waals surface area contributed by atoms with Crippen LogP contribution in [0.3, 0.4) is 0 Å². The van der Waals surface area contributed by atoms with Gasteiger partial charge >= 0.3 is 0 Å². The maximum absolute atomic E-state index is 11.4. The fraction of sp³-hybridized carbons (Fsp3) is 0.269. The SMILES string of the molecule is COc1ccc(C2N=C(CCc3ccc(NS(C)(=O)=O)cc3)N(C)Cc3ccccc32)cc1.Cl. The number of methoxy groups -OCH3 is 1. The molecule has 0 spiro atoms. The van der Waals surface area contributed by atoms with Gasteiger partial charge in [-0.15, -0.1) is 12.4 Å². The lowest BCUT2D eigenvalue weighted by molar-refractivity contribution is 0.414. The standard InChI is InChI=1S/C26H29N3O3S.ClH/c1-29-18-21-6-4-5-7-24(21)26(20-11-15-23(32-2)16-12-20)27-25(29)17-10-19-8-13-22(14-9-19)28-33(3,30)31;/h4-9,11-16,26,28H,10,17-18H2,1-3H3;1H. The quantitative estimate of drug-likeness (QED) is 0.493. The molecule has 180 valence electrons. The van der Waals surface area contributed by atoms with Crippen molar-refractivity contribution in [3.05, 3.63) is 95.1 Å². The minimum atomic E-state index is -3.28. The van der Waals surface area contributed by atoms with E-state index in [1.807, 2.05) is 24.3 Å². The van der Waals surface area contributed by atoms with Crippen LogP contribution in [0.25, 0.3) is 0 Å². The predicted molar refractivity (Wildman–Crippen MR) is 141 cm³/mol. The predicted octanol–water partition coefficient (Wildman–Crippen LogP) is 5.05. The third-order valence-electron chi connectivity index (χ3n) is 5.80. The van der Waals surface area contributed by atoms with Gasteiger partial charge in [-0.05, 0) is 52.9 Å². The molecule has 0 aliphatic carbocycles. The molecule has 3 aromatic rings. The van der Waals surface area contributed by atoms with Crippen LogP contribution in [0.4, 0.5) is 5.69 Å². The first kappa shape index (κ1) is 25.6. The molecule has 1 atom stereocenters. The lowest BCUT2D eigenvalue weighted by Gasteiger charge is -2.20. The van der Waals surface area contributed by atoms with Crippen LogP contribution in [-0.4, -0.2) is 39.6 Å². The van der Waals surface area contributed by atoms with E-state index in [2.05, 4.69) is 53.1 Å². The summed E-state index contributed by atoms with van der Waals surface area (Å²) in [7, 11) is 0.482. The Kier molecular flexibility index (Phi) is 8.23. The van der Waals surface area contributed by atoms with E-state index >= 15 is 0 Å². The van der Waals surface area contributed by atoms with Crippen molar-refractivity contribution in [1.29, 1.82) is 0 Å². The third-order valence-corrected chi connectivity index (χ3v) is 6.41. The van der Waals surface area contributed by atoms with E-state index in [1.54, 1.807) is 19.2 Å². The van der Waals surface area contributed by atoms with Gasteiger partial charge in [0, 0.05) is 25.7 Å². The van der Waals surface area contributed by atoms with Gasteiger partial charge in [0.1, 0.15) is 17.6 Å². The zero-order chi connectivity index (χ0) is 23.4. The first-order chi connectivity index (χ1) is 15.8. The molecule has 1 N–H and O–H groups in total. The maximum Gasteiger partial charge on any atom is 0.229 e. The number of aliphatic imine (C=N–C) groups is 1. The van der Waals surface area contributed by atoms with E-state index in [0.717, 1.165) is 48.4 Å². The molecule has 4 rings (SSSR count). The van der Waals surface area contributed by atoms with Crippen LogP contribution in [0.2, 0.25) is 0 Å². The van der Waals surface area contributed by atoms with E-state index in [4.69, 9.17) is 9.73 Å². The third kappa shape index (κ3) is 6.30. The van der Waals surface area contributed by atoms with Crippen LogP contribution in [0.1, 0.15) is 34.7 Å². The summed E-state index contributed by atoms with van der Waals surface area (Å²) >= 11 is 0. The first-order valence-corrected chi connectivity index (χ1v) is 12.8. The van der Waals surface area contributed by atoms with E-state index in [-0.39, 0.29) is 18.4 Å². The molecule has 0 saturated carbocycles. The number of amidine groups is 1. The Morgan fingerprint density at radius 1 is 1.00 bits per heavy atom. The summed E-state index contributed by atoms with van der Waals surface area (Å²) in [6, 6.07) is 24.1. The van der Waals surface area contributed by atoms with Gasteiger partial charge in [-0.25, -0.2) is 8.42 Å². The van der Waals surface area contributed by atoms with Crippen molar-refractivity contribution >= 4 is 34.0 Å². The summed E-state index contributed by atoms with van der Waals surface area (Å²) < 4.78 is 30.7. The van der Waals surface area contributed by atoms with Crippen LogP contribution in [0, 0.1) is 0 Å². The van der Waals surface area contributed by atoms with Crippen LogP contribution in [-0.2, 0) is 23.0 Å². The van der Waals surface area contributed by atoms with E-state index < -0.39 is 10.0 Å². The Bertz CT molecular complexity index is 1240. The van der Waals surface area contributed by atoms with Gasteiger partial charge in [-0.2, -0.15) is 0 Å². The number of aryl methyl sites for hydroxylation is 1. The van der Waals surface area contributed by atoms with E-state index in [1.165, 1.54) is 11.1 Å². The minimum Gasteiger partial charge on any atom is -0.497 e. The molecule has 0 saturated heterocycles. The van der Waals surface area contributed by atoms with Gasteiger partial charge in [-0.1, -0.05) is 48.5 Å². The number of nitrogens with one attached hydrogen (secondary N) is 1. The summed E-state index contributed by atoms with van der Waals surface area (Å²) in [5.41, 5.74) is 5.33. The summed E-state index contributed by atoms with van der Waals surface area (Å²) in [4.78, 5) is 7.44. The number of benzene rings is 3. The van der Waals surface area contributed by atoms with Crippen LogP contribution < -0.4 is 9.46 Å². The monoisotopic (exact) mass is 499 g/mol. The zero-order valence-electron chi connectivity index (χ0n) is 19.6. The number of halogens is 1. The molecule has 0 radical (unpaired) electrons. The Balaban J connectivity index is 0.00000324. The second kappa shape index (κ2) is 10.9. The Hall–Kier alpha value is -3.03. The highest BCUT2D eigenvalue weighted by Gasteiger charge is 2.23. The summed E-state index contributed by atoms with van der Waals surface area (Å²) in [5, 5.41) is 0. The summed E-state index contributed by atoms with van der Waals surface area (Å²) in [6.07, 6.45) is 2.75. The van der Waals surface area contributed by atoms with Gasteiger partial charge in [0.25, 0.3) is 0 Å². The average Bonchev–Trinajstić information content (AvgIpc) is 2.93. The summed E-state index contributed by atoms with van der Waals surface area (Å²) in [6.45, 7) is 0.804. The van der Waals surface area contributed by atoms with Crippen molar-refractivity contribution in [3.63, 3.8) is 0 Å². The number of nitrogens with zero attached hydrogens (tertiary/aromatic N) is 2. The second-order valence-corrected chi connectivity index (χ2v) is 10.1. The molecule has 3 aromatic carbocycles. The zero-order valence-corrected chi connectivity index (χ0v) is 21.2. The smallest absolute Gasteiger partial charge is 0.229 e. The van der Waals surface area contributed by atoms with Crippen molar-refractivity contribution in [2.45, 2.75) is 25.4 Å². The normalized spacial score (nSPS) is 15.4. The highest BCUT2D eigenvalue weighted by atomic mass is 35.5. The Morgan fingerprint density at radius 2 is 1.68 bits per heavy atom. The maximum atomic E-state index is 11.4. The highest BCUT2D eigenvalue weighted by Crippen LogP contribution is 2.33. The molecule has 8 heteroatoms. The Morgan fingerprint density at radius 3 is 2.32 bits per heavy atom. The number of ether oxygens (including phenoxy) is 1. The molecule has 1 unspecified atom stereocenters. The molecular weight excluding hydrogens is 470 g/mol. The van der Waals surface area contributed by atoms with Crippen LogP contribution >= 0.6 is 12.4 Å². The van der Waals surface area contributed by atoms with Crippen LogP contribution in [0.5, 0.6) is 5.75 Å². The molecule has 0 amide bonds. The number of sulfonamides is 1. The molecule has 0 aromatic heterocycles. The number of rotatable bonds is 7. The van der Waals surface area contributed by atoms with Crippen molar-refractivity contribution < 1.29 is 13.2 Å². The van der Waals surface area contributed by atoms with Gasteiger partial charge in [-0.3, -0.25) is 9.71 Å². The van der Waals surface area contributed by atoms with E-state index in [9.17, 15) is 8.42 Å². The fourth-order valence-electron chi connectivity index (χ4n) is 4.11. The molecule has 0 fully saturated rings. The molecule has 6 nitrogen and oxygen atoms in total. The topological polar surface area (TPSA) is 71.0 Å². The molecule has 0 bridgehead atoms. The number of anilines is 1. The van der Waals surface area contributed by atoms with Gasteiger partial charge in [0.15, 0.2) is 0 Å².